The first-order valence-corrected chi connectivity index (χ1v) is 6.92. The van der Waals surface area contributed by atoms with E-state index >= 15 is 0 Å². The molecule has 0 bridgehead atoms. The number of carbonyl (C=O) groups is 2. The summed E-state index contributed by atoms with van der Waals surface area (Å²) in [6.45, 7) is 5.84. The molecule has 1 aromatic heterocycles. The van der Waals surface area contributed by atoms with Crippen LogP contribution in [0.2, 0.25) is 5.02 Å². The minimum Gasteiger partial charge on any atom is -0.479 e. The van der Waals surface area contributed by atoms with Gasteiger partial charge in [0.15, 0.2) is 0 Å². The molecule has 0 aliphatic rings. The molecule has 4 nitrogen and oxygen atoms in total. The van der Waals surface area contributed by atoms with Crippen molar-refractivity contribution in [3.63, 3.8) is 0 Å². The maximum atomic E-state index is 11.8. The Morgan fingerprint density at radius 3 is 2.53 bits per heavy atom. The Kier molecular flexibility index (Phi) is 5.14. The van der Waals surface area contributed by atoms with Gasteiger partial charge < -0.3 is 10.4 Å². The molecular weight excluding hydrogens is 286 g/mol. The number of carboxylic acid groups (broad SMARTS) is 1. The Labute approximate surface area is 121 Å². The van der Waals surface area contributed by atoms with Crippen molar-refractivity contribution in [1.82, 2.24) is 5.32 Å². The summed E-state index contributed by atoms with van der Waals surface area (Å²) < 4.78 is 0. The van der Waals surface area contributed by atoms with E-state index in [1.807, 2.05) is 20.8 Å². The predicted octanol–water partition coefficient (Wildman–Crippen LogP) is 3.19. The molecule has 1 heterocycles. The molecule has 2 N–H and O–H groups in total. The molecule has 19 heavy (non-hydrogen) atoms. The zero-order chi connectivity index (χ0) is 14.6. The van der Waals surface area contributed by atoms with Gasteiger partial charge in [0, 0.05) is 5.38 Å². The van der Waals surface area contributed by atoms with E-state index in [0.29, 0.717) is 9.90 Å². The number of hydrogen-bond donors (Lipinski definition) is 2. The molecule has 0 fully saturated rings. The van der Waals surface area contributed by atoms with Crippen molar-refractivity contribution in [3.8, 4) is 0 Å². The van der Waals surface area contributed by atoms with Gasteiger partial charge >= 0.3 is 5.97 Å². The number of amides is 1. The molecule has 6 heteroatoms. The molecule has 0 spiro atoms. The Morgan fingerprint density at radius 1 is 1.47 bits per heavy atom. The van der Waals surface area contributed by atoms with E-state index in [4.69, 9.17) is 16.7 Å². The highest BCUT2D eigenvalue weighted by atomic mass is 35.5. The van der Waals surface area contributed by atoms with Gasteiger partial charge in [0.2, 0.25) is 0 Å². The second-order valence-corrected chi connectivity index (χ2v) is 6.49. The van der Waals surface area contributed by atoms with Crippen LogP contribution in [0.15, 0.2) is 23.6 Å². The van der Waals surface area contributed by atoms with Crippen LogP contribution in [0.3, 0.4) is 0 Å². The van der Waals surface area contributed by atoms with E-state index in [-0.39, 0.29) is 5.41 Å². The maximum Gasteiger partial charge on any atom is 0.330 e. The van der Waals surface area contributed by atoms with Crippen molar-refractivity contribution in [2.75, 3.05) is 0 Å². The first-order valence-electron chi connectivity index (χ1n) is 5.66. The molecule has 0 aliphatic heterocycles. The van der Waals surface area contributed by atoms with Crippen LogP contribution in [0, 0.1) is 5.41 Å². The predicted molar refractivity (Wildman–Crippen MR) is 76.8 cm³/mol. The molecule has 1 rings (SSSR count). The molecule has 1 unspecified atom stereocenters. The average molecular weight is 302 g/mol. The molecule has 104 valence electrons. The maximum absolute atomic E-state index is 11.8. The quantitative estimate of drug-likeness (QED) is 0.839. The standard InChI is InChI=1S/C13H16ClNO3S/c1-13(2,3)5-4-9(12(17)18)15-11(16)10-6-8(14)7-19-10/h4-7,9H,1-3H3,(H,15,16)(H,17,18)/b5-4+. The van der Waals surface area contributed by atoms with E-state index in [0.717, 1.165) is 0 Å². The second-order valence-electron chi connectivity index (χ2n) is 5.14. The number of hydrogen-bond acceptors (Lipinski definition) is 3. The monoisotopic (exact) mass is 301 g/mol. The lowest BCUT2D eigenvalue weighted by Crippen LogP contribution is -2.39. The summed E-state index contributed by atoms with van der Waals surface area (Å²) in [6.07, 6.45) is 3.24. The highest BCUT2D eigenvalue weighted by molar-refractivity contribution is 7.12. The third-order valence-electron chi connectivity index (χ3n) is 2.13. The smallest absolute Gasteiger partial charge is 0.330 e. The lowest BCUT2D eigenvalue weighted by molar-refractivity contribution is -0.137. The number of carboxylic acids is 1. The topological polar surface area (TPSA) is 66.4 Å². The molecular formula is C13H16ClNO3S. The number of allylic oxidation sites excluding steroid dienone is 1. The number of halogens is 1. The van der Waals surface area contributed by atoms with Gasteiger partial charge in [0.05, 0.1) is 9.90 Å². The van der Waals surface area contributed by atoms with Crippen LogP contribution in [0.5, 0.6) is 0 Å². The van der Waals surface area contributed by atoms with E-state index in [1.54, 1.807) is 11.5 Å². The van der Waals surface area contributed by atoms with Crippen LogP contribution in [-0.2, 0) is 4.79 Å². The largest absolute Gasteiger partial charge is 0.479 e. The molecule has 0 saturated heterocycles. The number of aliphatic carboxylic acids is 1. The van der Waals surface area contributed by atoms with Crippen molar-refractivity contribution in [1.29, 1.82) is 0 Å². The van der Waals surface area contributed by atoms with Gasteiger partial charge in [0.1, 0.15) is 6.04 Å². The Balaban J connectivity index is 2.77. The average Bonchev–Trinajstić information content (AvgIpc) is 2.69. The van der Waals surface area contributed by atoms with Crippen molar-refractivity contribution in [3.05, 3.63) is 33.5 Å². The van der Waals surface area contributed by atoms with Gasteiger partial charge in [-0.2, -0.15) is 0 Å². The SMILES string of the molecule is CC(C)(C)/C=C/C(NC(=O)c1cc(Cl)cs1)C(=O)O. The van der Waals surface area contributed by atoms with E-state index in [9.17, 15) is 9.59 Å². The first kappa shape index (κ1) is 15.7. The van der Waals surface area contributed by atoms with Gasteiger partial charge in [-0.25, -0.2) is 4.79 Å². The fraction of sp³-hybridized carbons (Fsp3) is 0.385. The van der Waals surface area contributed by atoms with Crippen LogP contribution in [0.25, 0.3) is 0 Å². The van der Waals surface area contributed by atoms with Crippen molar-refractivity contribution >= 4 is 34.8 Å². The van der Waals surface area contributed by atoms with Crippen LogP contribution >= 0.6 is 22.9 Å². The minimum absolute atomic E-state index is 0.148. The fourth-order valence-electron chi connectivity index (χ4n) is 1.22. The molecule has 1 atom stereocenters. The van der Waals surface area contributed by atoms with Crippen LogP contribution in [0.1, 0.15) is 30.4 Å². The highest BCUT2D eigenvalue weighted by Crippen LogP contribution is 2.19. The van der Waals surface area contributed by atoms with E-state index < -0.39 is 17.9 Å². The first-order chi connectivity index (χ1) is 8.69. The molecule has 0 saturated carbocycles. The van der Waals surface area contributed by atoms with Gasteiger partial charge in [-0.05, 0) is 11.5 Å². The van der Waals surface area contributed by atoms with E-state index in [2.05, 4.69) is 5.32 Å². The Bertz CT molecular complexity index is 502. The van der Waals surface area contributed by atoms with Gasteiger partial charge in [-0.3, -0.25) is 4.79 Å². The van der Waals surface area contributed by atoms with Gasteiger partial charge in [-0.1, -0.05) is 44.5 Å². The lowest BCUT2D eigenvalue weighted by Gasteiger charge is -2.14. The number of carbonyl (C=O) groups excluding carboxylic acids is 1. The Morgan fingerprint density at radius 2 is 2.11 bits per heavy atom. The zero-order valence-electron chi connectivity index (χ0n) is 10.9. The van der Waals surface area contributed by atoms with Gasteiger partial charge in [0.25, 0.3) is 5.91 Å². The van der Waals surface area contributed by atoms with Crippen molar-refractivity contribution < 1.29 is 14.7 Å². The van der Waals surface area contributed by atoms with Crippen LogP contribution < -0.4 is 5.32 Å². The molecule has 0 aromatic carbocycles. The Hall–Kier alpha value is -1.33. The summed E-state index contributed by atoms with van der Waals surface area (Å²) in [4.78, 5) is 23.3. The highest BCUT2D eigenvalue weighted by Gasteiger charge is 2.19. The van der Waals surface area contributed by atoms with Crippen LogP contribution in [0.4, 0.5) is 0 Å². The summed E-state index contributed by atoms with van der Waals surface area (Å²) >= 11 is 6.90. The van der Waals surface area contributed by atoms with Gasteiger partial charge in [-0.15, -0.1) is 11.3 Å². The second kappa shape index (κ2) is 6.21. The van der Waals surface area contributed by atoms with Crippen LogP contribution in [-0.4, -0.2) is 23.0 Å². The summed E-state index contributed by atoms with van der Waals surface area (Å²) in [5, 5.41) is 13.6. The minimum atomic E-state index is -1.10. The number of nitrogens with one attached hydrogen (secondary N) is 1. The molecule has 0 aliphatic carbocycles. The third-order valence-corrected chi connectivity index (χ3v) is 3.41. The van der Waals surface area contributed by atoms with Crippen molar-refractivity contribution in [2.24, 2.45) is 5.41 Å². The normalized spacial score (nSPS) is 13.5. The summed E-state index contributed by atoms with van der Waals surface area (Å²) in [5.41, 5.74) is -0.148. The lowest BCUT2D eigenvalue weighted by atomic mass is 9.95. The van der Waals surface area contributed by atoms with E-state index in [1.165, 1.54) is 23.5 Å². The fourth-order valence-corrected chi connectivity index (χ4v) is 2.20. The molecule has 0 radical (unpaired) electrons. The molecule has 1 amide bonds. The third kappa shape index (κ3) is 5.44. The summed E-state index contributed by atoms with van der Waals surface area (Å²) in [6, 6.07) is 0.459. The summed E-state index contributed by atoms with van der Waals surface area (Å²) in [5.74, 6) is -1.54. The number of rotatable bonds is 4. The zero-order valence-corrected chi connectivity index (χ0v) is 12.5. The number of thiophene rings is 1. The summed E-state index contributed by atoms with van der Waals surface area (Å²) in [7, 11) is 0. The molecule has 1 aromatic rings. The van der Waals surface area contributed by atoms with Crippen molar-refractivity contribution in [2.45, 2.75) is 26.8 Å².